The SMILES string of the molecule is CC(C)(C)[Si](OC[C@@H]1C=C[C@H](c2ccoc2)O1)(c1ccccc1)c1ccccc1. The summed E-state index contributed by atoms with van der Waals surface area (Å²) in [5.41, 5.74) is 1.04. The lowest BCUT2D eigenvalue weighted by Crippen LogP contribution is -2.67. The van der Waals surface area contributed by atoms with Crippen molar-refractivity contribution in [1.82, 2.24) is 0 Å². The number of furan rings is 1. The van der Waals surface area contributed by atoms with E-state index in [0.717, 1.165) is 5.56 Å². The number of benzene rings is 2. The normalized spacial score (nSPS) is 19.6. The maximum Gasteiger partial charge on any atom is 0.261 e. The highest BCUT2D eigenvalue weighted by Crippen LogP contribution is 2.37. The summed E-state index contributed by atoms with van der Waals surface area (Å²) in [5, 5.41) is 2.53. The van der Waals surface area contributed by atoms with Gasteiger partial charge in [-0.2, -0.15) is 0 Å². The van der Waals surface area contributed by atoms with Crippen LogP contribution in [0.1, 0.15) is 32.4 Å². The molecule has 0 spiro atoms. The first kappa shape index (κ1) is 19.9. The summed E-state index contributed by atoms with van der Waals surface area (Å²) in [7, 11) is -2.54. The summed E-state index contributed by atoms with van der Waals surface area (Å²) >= 11 is 0. The van der Waals surface area contributed by atoms with Gasteiger partial charge in [0.1, 0.15) is 6.10 Å². The van der Waals surface area contributed by atoms with Gasteiger partial charge in [0.15, 0.2) is 0 Å². The van der Waals surface area contributed by atoms with E-state index in [1.54, 1.807) is 12.5 Å². The number of rotatable bonds is 6. The highest BCUT2D eigenvalue weighted by Gasteiger charge is 2.50. The molecule has 0 saturated carbocycles. The second kappa shape index (κ2) is 8.15. The third kappa shape index (κ3) is 3.88. The molecule has 150 valence electrons. The van der Waals surface area contributed by atoms with Crippen LogP contribution in [0.2, 0.25) is 5.04 Å². The van der Waals surface area contributed by atoms with Crippen molar-refractivity contribution in [3.8, 4) is 0 Å². The molecule has 2 atom stereocenters. The van der Waals surface area contributed by atoms with E-state index in [1.165, 1.54) is 10.4 Å². The van der Waals surface area contributed by atoms with Gasteiger partial charge in [0.05, 0.1) is 25.2 Å². The summed E-state index contributed by atoms with van der Waals surface area (Å²) in [6.45, 7) is 7.40. The number of hydrogen-bond donors (Lipinski definition) is 0. The zero-order chi connectivity index (χ0) is 20.3. The molecule has 0 unspecified atom stereocenters. The lowest BCUT2D eigenvalue weighted by molar-refractivity contribution is 0.0290. The van der Waals surface area contributed by atoms with Crippen molar-refractivity contribution < 1.29 is 13.6 Å². The van der Waals surface area contributed by atoms with Crippen molar-refractivity contribution >= 4 is 18.7 Å². The van der Waals surface area contributed by atoms with E-state index >= 15 is 0 Å². The molecule has 3 nitrogen and oxygen atoms in total. The van der Waals surface area contributed by atoms with Crippen LogP contribution in [0.3, 0.4) is 0 Å². The zero-order valence-electron chi connectivity index (χ0n) is 17.2. The molecule has 4 heteroatoms. The standard InChI is InChI=1S/C25H28O3Si/c1-25(2,3)29(22-10-6-4-7-11-22,23-12-8-5-9-13-23)27-19-21-14-15-24(28-21)20-16-17-26-18-20/h4-18,21,24H,19H2,1-3H3/t21-,24+/m0/s1. The van der Waals surface area contributed by atoms with Crippen LogP contribution in [0.15, 0.2) is 95.8 Å². The summed E-state index contributed by atoms with van der Waals surface area (Å²) in [5.74, 6) is 0. The van der Waals surface area contributed by atoms with E-state index in [-0.39, 0.29) is 17.2 Å². The first-order chi connectivity index (χ1) is 14.0. The largest absolute Gasteiger partial charge is 0.472 e. The maximum atomic E-state index is 6.96. The molecule has 0 fully saturated rings. The van der Waals surface area contributed by atoms with Crippen LogP contribution in [0.5, 0.6) is 0 Å². The average Bonchev–Trinajstić information content (AvgIpc) is 3.41. The van der Waals surface area contributed by atoms with Crippen LogP contribution >= 0.6 is 0 Å². The predicted molar refractivity (Wildman–Crippen MR) is 119 cm³/mol. The second-order valence-electron chi connectivity index (χ2n) is 8.51. The Kier molecular flexibility index (Phi) is 5.59. The molecule has 2 aromatic carbocycles. The fourth-order valence-corrected chi connectivity index (χ4v) is 8.76. The van der Waals surface area contributed by atoms with Crippen LogP contribution in [-0.4, -0.2) is 21.0 Å². The molecule has 1 aliphatic heterocycles. The summed E-state index contributed by atoms with van der Waals surface area (Å²) in [6, 6.07) is 23.4. The molecule has 2 heterocycles. The Bertz CT molecular complexity index is 888. The molecule has 0 N–H and O–H groups in total. The zero-order valence-corrected chi connectivity index (χ0v) is 18.2. The van der Waals surface area contributed by atoms with Crippen LogP contribution in [0.4, 0.5) is 0 Å². The highest BCUT2D eigenvalue weighted by atomic mass is 28.4. The summed E-state index contributed by atoms with van der Waals surface area (Å²) < 4.78 is 18.4. The number of hydrogen-bond acceptors (Lipinski definition) is 3. The van der Waals surface area contributed by atoms with E-state index in [9.17, 15) is 0 Å². The molecule has 3 aromatic rings. The summed E-state index contributed by atoms with van der Waals surface area (Å²) in [6.07, 6.45) is 7.47. The first-order valence-corrected chi connectivity index (χ1v) is 12.0. The molecule has 0 bridgehead atoms. The molecule has 0 aliphatic carbocycles. The highest BCUT2D eigenvalue weighted by molar-refractivity contribution is 6.99. The minimum atomic E-state index is -2.54. The van der Waals surface area contributed by atoms with E-state index in [1.807, 2.05) is 6.07 Å². The van der Waals surface area contributed by atoms with Gasteiger partial charge in [-0.3, -0.25) is 0 Å². The van der Waals surface area contributed by atoms with Gasteiger partial charge in [-0.25, -0.2) is 0 Å². The fraction of sp³-hybridized carbons (Fsp3) is 0.280. The quantitative estimate of drug-likeness (QED) is 0.435. The Balaban J connectivity index is 1.64. The van der Waals surface area contributed by atoms with Gasteiger partial charge >= 0.3 is 0 Å². The maximum absolute atomic E-state index is 6.96. The minimum absolute atomic E-state index is 0.0397. The van der Waals surface area contributed by atoms with Crippen LogP contribution < -0.4 is 10.4 Å². The van der Waals surface area contributed by atoms with E-state index in [0.29, 0.717) is 6.61 Å². The van der Waals surface area contributed by atoms with E-state index in [2.05, 4.69) is 93.6 Å². The van der Waals surface area contributed by atoms with Crippen molar-refractivity contribution in [2.24, 2.45) is 0 Å². The molecule has 1 aliphatic rings. The fourth-order valence-electron chi connectivity index (χ4n) is 4.19. The lowest BCUT2D eigenvalue weighted by atomic mass is 10.2. The van der Waals surface area contributed by atoms with E-state index in [4.69, 9.17) is 13.6 Å². The molecular weight excluding hydrogens is 376 g/mol. The monoisotopic (exact) mass is 404 g/mol. The van der Waals surface area contributed by atoms with Crippen molar-refractivity contribution in [2.75, 3.05) is 6.61 Å². The second-order valence-corrected chi connectivity index (χ2v) is 12.8. The van der Waals surface area contributed by atoms with Crippen molar-refractivity contribution in [3.63, 3.8) is 0 Å². The van der Waals surface area contributed by atoms with Crippen molar-refractivity contribution in [2.45, 2.75) is 38.0 Å². The first-order valence-electron chi connectivity index (χ1n) is 10.1. The Labute approximate surface area is 174 Å². The third-order valence-electron chi connectivity index (χ3n) is 5.57. The number of ether oxygens (including phenoxy) is 1. The predicted octanol–water partition coefficient (Wildman–Crippen LogP) is 4.85. The van der Waals surface area contributed by atoms with E-state index < -0.39 is 8.32 Å². The van der Waals surface area contributed by atoms with Gasteiger partial charge in [0.25, 0.3) is 8.32 Å². The van der Waals surface area contributed by atoms with Crippen molar-refractivity contribution in [1.29, 1.82) is 0 Å². The van der Waals surface area contributed by atoms with Crippen LogP contribution in [0.25, 0.3) is 0 Å². The van der Waals surface area contributed by atoms with Crippen LogP contribution in [-0.2, 0) is 9.16 Å². The van der Waals surface area contributed by atoms with Gasteiger partial charge in [0.2, 0.25) is 0 Å². The lowest BCUT2D eigenvalue weighted by Gasteiger charge is -2.43. The Morgan fingerprint density at radius 1 is 0.862 bits per heavy atom. The Morgan fingerprint density at radius 2 is 1.48 bits per heavy atom. The van der Waals surface area contributed by atoms with Gasteiger partial charge in [-0.1, -0.05) is 93.6 Å². The molecule has 0 radical (unpaired) electrons. The van der Waals surface area contributed by atoms with Gasteiger partial charge in [-0.05, 0) is 21.5 Å². The van der Waals surface area contributed by atoms with Gasteiger partial charge < -0.3 is 13.6 Å². The molecule has 1 aromatic heterocycles. The van der Waals surface area contributed by atoms with Crippen molar-refractivity contribution in [3.05, 3.63) is 97.0 Å². The molecule has 29 heavy (non-hydrogen) atoms. The minimum Gasteiger partial charge on any atom is -0.472 e. The molecule has 4 rings (SSSR count). The average molecular weight is 405 g/mol. The Hall–Kier alpha value is -2.40. The van der Waals surface area contributed by atoms with Gasteiger partial charge in [-0.15, -0.1) is 0 Å². The Morgan fingerprint density at radius 3 is 2.00 bits per heavy atom. The van der Waals surface area contributed by atoms with Gasteiger partial charge in [0, 0.05) is 5.56 Å². The topological polar surface area (TPSA) is 31.6 Å². The summed E-state index contributed by atoms with van der Waals surface area (Å²) in [4.78, 5) is 0. The molecule has 0 saturated heterocycles. The molecular formula is C25H28O3Si. The third-order valence-corrected chi connectivity index (χ3v) is 10.6. The smallest absolute Gasteiger partial charge is 0.261 e. The molecule has 0 amide bonds. The van der Waals surface area contributed by atoms with Crippen LogP contribution in [0, 0.1) is 0 Å².